The standard InChI is InChI=1S/C21H20N2O3S2/c1-14-4-7-18(17-8-5-16(12-22)6-9-17)10-19(14)13-23-28(24,25)21-11-20(26-3)15(2)27-21/h4-11,23H,13H2,1-3H3. The molecule has 1 aromatic heterocycles. The summed E-state index contributed by atoms with van der Waals surface area (Å²) in [5.74, 6) is 0.573. The minimum atomic E-state index is -3.62. The number of sulfonamides is 1. The molecule has 1 N–H and O–H groups in total. The van der Waals surface area contributed by atoms with Gasteiger partial charge in [-0.1, -0.05) is 24.3 Å². The molecule has 5 nitrogen and oxygen atoms in total. The summed E-state index contributed by atoms with van der Waals surface area (Å²) >= 11 is 1.19. The first-order valence-corrected chi connectivity index (χ1v) is 10.9. The third-order valence-corrected chi connectivity index (χ3v) is 7.39. The van der Waals surface area contributed by atoms with Gasteiger partial charge in [-0.3, -0.25) is 0 Å². The van der Waals surface area contributed by atoms with Crippen LogP contribution in [0.3, 0.4) is 0 Å². The lowest BCUT2D eigenvalue weighted by Crippen LogP contribution is -2.22. The summed E-state index contributed by atoms with van der Waals surface area (Å²) in [7, 11) is -2.10. The van der Waals surface area contributed by atoms with Crippen molar-refractivity contribution in [1.29, 1.82) is 5.26 Å². The van der Waals surface area contributed by atoms with Crippen LogP contribution in [0.2, 0.25) is 0 Å². The monoisotopic (exact) mass is 412 g/mol. The minimum absolute atomic E-state index is 0.192. The highest BCUT2D eigenvalue weighted by molar-refractivity contribution is 7.91. The van der Waals surface area contributed by atoms with Gasteiger partial charge >= 0.3 is 0 Å². The van der Waals surface area contributed by atoms with Gasteiger partial charge in [0.15, 0.2) is 0 Å². The Labute approximate surface area is 169 Å². The number of rotatable bonds is 6. The Kier molecular flexibility index (Phi) is 5.84. The zero-order valence-electron chi connectivity index (χ0n) is 15.8. The Balaban J connectivity index is 1.82. The Morgan fingerprint density at radius 1 is 1.07 bits per heavy atom. The molecule has 0 fully saturated rings. The number of benzene rings is 2. The van der Waals surface area contributed by atoms with Crippen LogP contribution in [0, 0.1) is 25.2 Å². The zero-order valence-corrected chi connectivity index (χ0v) is 17.4. The van der Waals surface area contributed by atoms with Crippen molar-refractivity contribution < 1.29 is 13.2 Å². The van der Waals surface area contributed by atoms with Gasteiger partial charge in [0.2, 0.25) is 0 Å². The molecule has 0 atom stereocenters. The number of aryl methyl sites for hydroxylation is 2. The fourth-order valence-electron chi connectivity index (χ4n) is 2.80. The minimum Gasteiger partial charge on any atom is -0.496 e. The van der Waals surface area contributed by atoms with Crippen molar-refractivity contribution in [3.05, 3.63) is 70.1 Å². The molecule has 0 saturated heterocycles. The summed E-state index contributed by atoms with van der Waals surface area (Å²) in [5, 5.41) is 8.93. The number of thiophene rings is 1. The molecule has 0 bridgehead atoms. The Bertz CT molecular complexity index is 1140. The van der Waals surface area contributed by atoms with Crippen molar-refractivity contribution in [2.45, 2.75) is 24.6 Å². The van der Waals surface area contributed by atoms with E-state index in [4.69, 9.17) is 10.00 Å². The van der Waals surface area contributed by atoms with Crippen molar-refractivity contribution in [2.75, 3.05) is 7.11 Å². The van der Waals surface area contributed by atoms with Crippen LogP contribution >= 0.6 is 11.3 Å². The molecule has 3 aromatic rings. The fraction of sp³-hybridized carbons (Fsp3) is 0.190. The normalized spacial score (nSPS) is 11.2. The van der Waals surface area contributed by atoms with Gasteiger partial charge < -0.3 is 4.74 Å². The number of ether oxygens (including phenoxy) is 1. The average molecular weight is 413 g/mol. The average Bonchev–Trinajstić information content (AvgIpc) is 3.09. The second kappa shape index (κ2) is 8.15. The molecule has 0 unspecified atom stereocenters. The first-order chi connectivity index (χ1) is 13.3. The maximum absolute atomic E-state index is 12.6. The van der Waals surface area contributed by atoms with Gasteiger partial charge in [-0.25, -0.2) is 13.1 Å². The van der Waals surface area contributed by atoms with E-state index in [9.17, 15) is 8.42 Å². The van der Waals surface area contributed by atoms with Crippen LogP contribution < -0.4 is 9.46 Å². The third kappa shape index (κ3) is 4.25. The molecule has 28 heavy (non-hydrogen) atoms. The number of nitrogens with one attached hydrogen (secondary N) is 1. The molecular weight excluding hydrogens is 392 g/mol. The highest BCUT2D eigenvalue weighted by Crippen LogP contribution is 2.31. The van der Waals surface area contributed by atoms with Crippen molar-refractivity contribution in [1.82, 2.24) is 4.72 Å². The molecule has 0 radical (unpaired) electrons. The molecule has 0 aliphatic carbocycles. The molecule has 0 amide bonds. The molecule has 2 aromatic carbocycles. The molecule has 0 aliphatic heterocycles. The second-order valence-corrected chi connectivity index (χ2v) is 9.60. The molecule has 0 spiro atoms. The number of hydrogen-bond donors (Lipinski definition) is 1. The summed E-state index contributed by atoms with van der Waals surface area (Å²) in [4.78, 5) is 0.821. The van der Waals surface area contributed by atoms with Gasteiger partial charge in [0.25, 0.3) is 10.0 Å². The third-order valence-electron chi connectivity index (χ3n) is 4.48. The van der Waals surface area contributed by atoms with E-state index in [0.29, 0.717) is 11.3 Å². The van der Waals surface area contributed by atoms with Gasteiger partial charge in [0, 0.05) is 17.5 Å². The van der Waals surface area contributed by atoms with E-state index in [1.165, 1.54) is 18.4 Å². The lowest BCUT2D eigenvalue weighted by molar-refractivity contribution is 0.413. The van der Waals surface area contributed by atoms with E-state index in [-0.39, 0.29) is 10.8 Å². The Hall–Kier alpha value is -2.66. The fourth-order valence-corrected chi connectivity index (χ4v) is 5.25. The topological polar surface area (TPSA) is 79.2 Å². The van der Waals surface area contributed by atoms with Crippen LogP contribution in [-0.2, 0) is 16.6 Å². The summed E-state index contributed by atoms with van der Waals surface area (Å²) in [5.41, 5.74) is 4.44. The number of hydrogen-bond acceptors (Lipinski definition) is 5. The number of nitrogens with zero attached hydrogens (tertiary/aromatic N) is 1. The van der Waals surface area contributed by atoms with Gasteiger partial charge in [0.1, 0.15) is 9.96 Å². The largest absolute Gasteiger partial charge is 0.496 e. The predicted molar refractivity (Wildman–Crippen MR) is 111 cm³/mol. The van der Waals surface area contributed by atoms with Crippen LogP contribution in [-0.4, -0.2) is 15.5 Å². The lowest BCUT2D eigenvalue weighted by atomic mass is 9.99. The first-order valence-electron chi connectivity index (χ1n) is 8.58. The van der Waals surface area contributed by atoms with E-state index in [1.54, 1.807) is 18.2 Å². The number of methoxy groups -OCH3 is 1. The quantitative estimate of drug-likeness (QED) is 0.651. The van der Waals surface area contributed by atoms with Gasteiger partial charge in [0.05, 0.1) is 18.7 Å². The highest BCUT2D eigenvalue weighted by Gasteiger charge is 2.19. The highest BCUT2D eigenvalue weighted by atomic mass is 32.2. The van der Waals surface area contributed by atoms with Gasteiger partial charge in [-0.15, -0.1) is 11.3 Å². The molecule has 144 valence electrons. The van der Waals surface area contributed by atoms with Crippen LogP contribution in [0.4, 0.5) is 0 Å². The molecule has 7 heteroatoms. The molecule has 0 aliphatic rings. The van der Waals surface area contributed by atoms with Crippen LogP contribution in [0.1, 0.15) is 21.6 Å². The van der Waals surface area contributed by atoms with Crippen molar-refractivity contribution in [3.63, 3.8) is 0 Å². The van der Waals surface area contributed by atoms with Crippen molar-refractivity contribution >= 4 is 21.4 Å². The Morgan fingerprint density at radius 3 is 2.36 bits per heavy atom. The van der Waals surface area contributed by atoms with Gasteiger partial charge in [-0.2, -0.15) is 5.26 Å². The molecular formula is C21H20N2O3S2. The van der Waals surface area contributed by atoms with E-state index in [1.807, 2.05) is 44.2 Å². The van der Waals surface area contributed by atoms with E-state index < -0.39 is 10.0 Å². The summed E-state index contributed by atoms with van der Waals surface area (Å²) < 4.78 is 33.4. The van der Waals surface area contributed by atoms with Gasteiger partial charge in [-0.05, 0) is 54.3 Å². The van der Waals surface area contributed by atoms with Crippen LogP contribution in [0.15, 0.2) is 52.7 Å². The molecule has 3 rings (SSSR count). The summed E-state index contributed by atoms with van der Waals surface area (Å²) in [6, 6.07) is 16.9. The van der Waals surface area contributed by atoms with Crippen LogP contribution in [0.5, 0.6) is 5.75 Å². The Morgan fingerprint density at radius 2 is 1.75 bits per heavy atom. The van der Waals surface area contributed by atoms with Crippen molar-refractivity contribution in [3.8, 4) is 22.9 Å². The molecule has 0 saturated carbocycles. The summed E-state index contributed by atoms with van der Waals surface area (Å²) in [6.07, 6.45) is 0. The van der Waals surface area contributed by atoms with E-state index in [0.717, 1.165) is 27.1 Å². The van der Waals surface area contributed by atoms with E-state index >= 15 is 0 Å². The first kappa shape index (κ1) is 20.1. The van der Waals surface area contributed by atoms with Crippen molar-refractivity contribution in [2.24, 2.45) is 0 Å². The SMILES string of the molecule is COc1cc(S(=O)(=O)NCc2cc(-c3ccc(C#N)cc3)ccc2C)sc1C. The molecule has 1 heterocycles. The van der Waals surface area contributed by atoms with Crippen LogP contribution in [0.25, 0.3) is 11.1 Å². The number of nitriles is 1. The smallest absolute Gasteiger partial charge is 0.250 e. The predicted octanol–water partition coefficient (Wildman–Crippen LogP) is 4.39. The second-order valence-electron chi connectivity index (χ2n) is 6.34. The maximum Gasteiger partial charge on any atom is 0.250 e. The maximum atomic E-state index is 12.6. The zero-order chi connectivity index (χ0) is 20.3. The van der Waals surface area contributed by atoms with E-state index in [2.05, 4.69) is 10.8 Å². The lowest BCUT2D eigenvalue weighted by Gasteiger charge is -2.11. The summed E-state index contributed by atoms with van der Waals surface area (Å²) in [6.45, 7) is 3.97.